The van der Waals surface area contributed by atoms with Crippen molar-refractivity contribution in [3.05, 3.63) is 35.9 Å². The maximum Gasteiger partial charge on any atom is 0.323 e. The number of hydrogen-bond donors (Lipinski definition) is 2. The first-order valence-corrected chi connectivity index (χ1v) is 5.69. The lowest BCUT2D eigenvalue weighted by Crippen LogP contribution is -2.51. The fraction of sp³-hybridized carbons (Fsp3) is 0.462. The van der Waals surface area contributed by atoms with Crippen LogP contribution in [0.15, 0.2) is 30.3 Å². The Morgan fingerprint density at radius 1 is 1.44 bits per heavy atom. The number of rotatable bonds is 3. The first kappa shape index (κ1) is 11.1. The molecule has 3 nitrogen and oxygen atoms in total. The van der Waals surface area contributed by atoms with E-state index in [1.54, 1.807) is 0 Å². The van der Waals surface area contributed by atoms with Gasteiger partial charge in [-0.2, -0.15) is 0 Å². The van der Waals surface area contributed by atoms with Gasteiger partial charge in [0.25, 0.3) is 0 Å². The molecular weight excluding hydrogens is 202 g/mol. The van der Waals surface area contributed by atoms with Crippen LogP contribution < -0.4 is 5.73 Å². The van der Waals surface area contributed by atoms with E-state index in [-0.39, 0.29) is 5.92 Å². The maximum atomic E-state index is 11.2. The van der Waals surface area contributed by atoms with Gasteiger partial charge in [-0.15, -0.1) is 0 Å². The smallest absolute Gasteiger partial charge is 0.323 e. The van der Waals surface area contributed by atoms with Crippen molar-refractivity contribution >= 4 is 5.97 Å². The molecule has 0 saturated heterocycles. The topological polar surface area (TPSA) is 63.3 Å². The number of nitrogens with two attached hydrogens (primary N) is 1. The van der Waals surface area contributed by atoms with Gasteiger partial charge in [-0.1, -0.05) is 36.8 Å². The average molecular weight is 219 g/mol. The molecule has 1 fully saturated rings. The lowest BCUT2D eigenvalue weighted by atomic mass is 9.83. The van der Waals surface area contributed by atoms with Crippen LogP contribution in [0.25, 0.3) is 0 Å². The molecule has 0 heterocycles. The Morgan fingerprint density at radius 2 is 2.12 bits per heavy atom. The zero-order valence-electron chi connectivity index (χ0n) is 9.23. The summed E-state index contributed by atoms with van der Waals surface area (Å²) in [6, 6.07) is 9.97. The van der Waals surface area contributed by atoms with Crippen molar-refractivity contribution < 1.29 is 9.90 Å². The Bertz CT molecular complexity index is 377. The number of aliphatic carboxylic acids is 1. The highest BCUT2D eigenvalue weighted by molar-refractivity contribution is 5.79. The molecule has 2 rings (SSSR count). The van der Waals surface area contributed by atoms with E-state index in [2.05, 4.69) is 0 Å². The van der Waals surface area contributed by atoms with Crippen molar-refractivity contribution in [3.8, 4) is 0 Å². The molecule has 86 valence electrons. The van der Waals surface area contributed by atoms with Gasteiger partial charge in [-0.05, 0) is 30.7 Å². The van der Waals surface area contributed by atoms with Crippen LogP contribution in [0.1, 0.15) is 24.8 Å². The Hall–Kier alpha value is -1.35. The summed E-state index contributed by atoms with van der Waals surface area (Å²) in [5.74, 6) is -0.793. The minimum atomic E-state index is -1.02. The summed E-state index contributed by atoms with van der Waals surface area (Å²) in [6.45, 7) is 0. The standard InChI is InChI=1S/C13H17NO2/c14-13(12(15)16)8-4-7-11(13)9-10-5-2-1-3-6-10/h1-3,5-6,11H,4,7-9,14H2,(H,15,16)/t11-,13-/m0/s1. The van der Waals surface area contributed by atoms with Crippen LogP contribution in [0.5, 0.6) is 0 Å². The van der Waals surface area contributed by atoms with E-state index in [0.717, 1.165) is 19.3 Å². The zero-order chi connectivity index (χ0) is 11.6. The number of carboxylic acid groups (broad SMARTS) is 1. The highest BCUT2D eigenvalue weighted by Crippen LogP contribution is 2.36. The minimum absolute atomic E-state index is 0.0624. The van der Waals surface area contributed by atoms with Crippen LogP contribution in [-0.2, 0) is 11.2 Å². The van der Waals surface area contributed by atoms with Gasteiger partial charge in [0.2, 0.25) is 0 Å². The molecule has 16 heavy (non-hydrogen) atoms. The minimum Gasteiger partial charge on any atom is -0.480 e. The fourth-order valence-corrected chi connectivity index (χ4v) is 2.57. The van der Waals surface area contributed by atoms with E-state index in [0.29, 0.717) is 6.42 Å². The second kappa shape index (κ2) is 4.26. The van der Waals surface area contributed by atoms with Gasteiger partial charge in [0, 0.05) is 0 Å². The predicted octanol–water partition coefficient (Wildman–Crippen LogP) is 1.81. The molecule has 0 aromatic heterocycles. The highest BCUT2D eigenvalue weighted by Gasteiger charge is 2.45. The molecule has 1 aromatic carbocycles. The SMILES string of the molecule is N[C@@]1(C(=O)O)CCC[C@H]1Cc1ccccc1. The number of hydrogen-bond acceptors (Lipinski definition) is 2. The molecule has 1 aliphatic rings. The number of carboxylic acids is 1. The molecule has 1 aromatic rings. The van der Waals surface area contributed by atoms with Gasteiger partial charge < -0.3 is 10.8 Å². The molecule has 0 aliphatic heterocycles. The average Bonchev–Trinajstić information content (AvgIpc) is 2.63. The molecule has 0 amide bonds. The van der Waals surface area contributed by atoms with E-state index in [4.69, 9.17) is 5.73 Å². The lowest BCUT2D eigenvalue weighted by molar-refractivity contribution is -0.144. The van der Waals surface area contributed by atoms with Crippen LogP contribution >= 0.6 is 0 Å². The monoisotopic (exact) mass is 219 g/mol. The largest absolute Gasteiger partial charge is 0.480 e. The van der Waals surface area contributed by atoms with E-state index in [9.17, 15) is 9.90 Å². The van der Waals surface area contributed by atoms with E-state index >= 15 is 0 Å². The molecule has 0 radical (unpaired) electrons. The molecule has 0 bridgehead atoms. The second-order valence-corrected chi connectivity index (χ2v) is 4.62. The molecule has 2 atom stereocenters. The lowest BCUT2D eigenvalue weighted by Gasteiger charge is -2.26. The molecule has 3 heteroatoms. The maximum absolute atomic E-state index is 11.2. The normalized spacial score (nSPS) is 29.2. The molecular formula is C13H17NO2. The molecule has 3 N–H and O–H groups in total. The van der Waals surface area contributed by atoms with Crippen molar-refractivity contribution in [3.63, 3.8) is 0 Å². The van der Waals surface area contributed by atoms with Crippen molar-refractivity contribution in [1.29, 1.82) is 0 Å². The van der Waals surface area contributed by atoms with Crippen molar-refractivity contribution in [2.24, 2.45) is 11.7 Å². The quantitative estimate of drug-likeness (QED) is 0.815. The van der Waals surface area contributed by atoms with Gasteiger partial charge >= 0.3 is 5.97 Å². The third-order valence-electron chi connectivity index (χ3n) is 3.59. The molecule has 1 aliphatic carbocycles. The molecule has 0 spiro atoms. The summed E-state index contributed by atoms with van der Waals surface area (Å²) in [4.78, 5) is 11.2. The van der Waals surface area contributed by atoms with Gasteiger partial charge in [0.05, 0.1) is 0 Å². The first-order chi connectivity index (χ1) is 7.63. The summed E-state index contributed by atoms with van der Waals surface area (Å²) in [5.41, 5.74) is 6.15. The first-order valence-electron chi connectivity index (χ1n) is 5.69. The van der Waals surface area contributed by atoms with Crippen LogP contribution in [0.4, 0.5) is 0 Å². The van der Waals surface area contributed by atoms with Crippen LogP contribution in [0, 0.1) is 5.92 Å². The van der Waals surface area contributed by atoms with Crippen LogP contribution in [0.2, 0.25) is 0 Å². The van der Waals surface area contributed by atoms with Gasteiger partial charge in [0.15, 0.2) is 0 Å². The van der Waals surface area contributed by atoms with E-state index in [1.807, 2.05) is 30.3 Å². The van der Waals surface area contributed by atoms with Crippen molar-refractivity contribution in [2.45, 2.75) is 31.2 Å². The summed E-state index contributed by atoms with van der Waals surface area (Å²) < 4.78 is 0. The number of benzene rings is 1. The third kappa shape index (κ3) is 1.95. The van der Waals surface area contributed by atoms with Gasteiger partial charge in [-0.3, -0.25) is 4.79 Å². The Balaban J connectivity index is 2.13. The van der Waals surface area contributed by atoms with E-state index < -0.39 is 11.5 Å². The third-order valence-corrected chi connectivity index (χ3v) is 3.59. The van der Waals surface area contributed by atoms with Gasteiger partial charge in [-0.25, -0.2) is 0 Å². The zero-order valence-corrected chi connectivity index (χ0v) is 9.23. The summed E-state index contributed by atoms with van der Waals surface area (Å²) in [7, 11) is 0. The van der Waals surface area contributed by atoms with E-state index in [1.165, 1.54) is 5.56 Å². The predicted molar refractivity (Wildman–Crippen MR) is 62.0 cm³/mol. The number of carbonyl (C=O) groups is 1. The fourth-order valence-electron chi connectivity index (χ4n) is 2.57. The Morgan fingerprint density at radius 3 is 2.75 bits per heavy atom. The summed E-state index contributed by atoms with van der Waals surface area (Å²) in [5, 5.41) is 9.20. The van der Waals surface area contributed by atoms with Crippen molar-refractivity contribution in [1.82, 2.24) is 0 Å². The van der Waals surface area contributed by atoms with Crippen LogP contribution in [0.3, 0.4) is 0 Å². The second-order valence-electron chi connectivity index (χ2n) is 4.62. The van der Waals surface area contributed by atoms with Gasteiger partial charge in [0.1, 0.15) is 5.54 Å². The summed E-state index contributed by atoms with van der Waals surface area (Å²) in [6.07, 6.45) is 3.20. The molecule has 0 unspecified atom stereocenters. The Kier molecular flexibility index (Phi) is 2.97. The summed E-state index contributed by atoms with van der Waals surface area (Å²) >= 11 is 0. The highest BCUT2D eigenvalue weighted by atomic mass is 16.4. The van der Waals surface area contributed by atoms with Crippen molar-refractivity contribution in [2.75, 3.05) is 0 Å². The Labute approximate surface area is 95.3 Å². The molecule has 1 saturated carbocycles. The van der Waals surface area contributed by atoms with Crippen LogP contribution in [-0.4, -0.2) is 16.6 Å².